The smallest absolute Gasteiger partial charge is 0.388 e. The molecule has 40 heavy (non-hydrogen) atoms. The summed E-state index contributed by atoms with van der Waals surface area (Å²) in [5.74, 6) is -4.59. The summed E-state index contributed by atoms with van der Waals surface area (Å²) < 4.78 is 71.1. The first-order valence-electron chi connectivity index (χ1n) is 13.2. The van der Waals surface area contributed by atoms with E-state index in [-0.39, 0.29) is 28.3 Å². The molecule has 0 radical (unpaired) electrons. The van der Waals surface area contributed by atoms with Crippen LogP contribution in [0.25, 0.3) is 10.4 Å². The summed E-state index contributed by atoms with van der Waals surface area (Å²) in [7, 11) is 0. The number of halogens is 5. The van der Waals surface area contributed by atoms with E-state index in [1.165, 1.54) is 6.92 Å². The molecule has 1 saturated heterocycles. The molecular formula is C26H30F5N5O3S. The van der Waals surface area contributed by atoms with Crippen LogP contribution in [0.3, 0.4) is 0 Å². The van der Waals surface area contributed by atoms with Crippen LogP contribution < -0.4 is 10.6 Å². The zero-order valence-corrected chi connectivity index (χ0v) is 22.8. The summed E-state index contributed by atoms with van der Waals surface area (Å²) >= 11 is 0.550. The van der Waals surface area contributed by atoms with Gasteiger partial charge in [0.1, 0.15) is 11.5 Å². The SMILES string of the molecule is C[C@H](Nc1cc(C(F)(F)F)c(-c2sc(C(=O)NCC3(O)CCC3)nc2C(=O)N2CC(F)(F)C[C@@H]2C)cn1)C1CC1. The number of hydrogen-bond donors (Lipinski definition) is 3. The molecule has 2 aliphatic carbocycles. The van der Waals surface area contributed by atoms with Crippen molar-refractivity contribution in [2.45, 2.75) is 82.2 Å². The van der Waals surface area contributed by atoms with Crippen molar-refractivity contribution in [1.82, 2.24) is 20.2 Å². The van der Waals surface area contributed by atoms with Gasteiger partial charge in [0.25, 0.3) is 17.7 Å². The fraction of sp³-hybridized carbons (Fsp3) is 0.615. The minimum Gasteiger partial charge on any atom is -0.388 e. The van der Waals surface area contributed by atoms with Crippen LogP contribution in [0.2, 0.25) is 0 Å². The molecule has 218 valence electrons. The molecule has 2 atom stereocenters. The fourth-order valence-electron chi connectivity index (χ4n) is 5.14. The van der Waals surface area contributed by atoms with Crippen molar-refractivity contribution < 1.29 is 36.6 Å². The predicted octanol–water partition coefficient (Wildman–Crippen LogP) is 4.95. The quantitative estimate of drug-likeness (QED) is 0.378. The number of nitrogens with one attached hydrogen (secondary N) is 2. The molecule has 2 amide bonds. The molecule has 0 aromatic carbocycles. The zero-order chi connectivity index (χ0) is 29.0. The van der Waals surface area contributed by atoms with Gasteiger partial charge in [-0.1, -0.05) is 0 Å². The number of likely N-dealkylation sites (tertiary alicyclic amines) is 1. The third-order valence-electron chi connectivity index (χ3n) is 7.83. The fourth-order valence-corrected chi connectivity index (χ4v) is 6.14. The number of rotatable bonds is 8. The zero-order valence-electron chi connectivity index (χ0n) is 21.9. The monoisotopic (exact) mass is 587 g/mol. The second-order valence-electron chi connectivity index (χ2n) is 11.2. The number of amides is 2. The number of anilines is 1. The molecule has 3 aliphatic rings. The Labute approximate surface area is 231 Å². The van der Waals surface area contributed by atoms with E-state index in [1.54, 1.807) is 0 Å². The van der Waals surface area contributed by atoms with E-state index in [0.29, 0.717) is 30.1 Å². The first-order chi connectivity index (χ1) is 18.7. The van der Waals surface area contributed by atoms with Gasteiger partial charge in [-0.2, -0.15) is 13.2 Å². The number of carbonyl (C=O) groups is 2. The van der Waals surface area contributed by atoms with Crippen molar-refractivity contribution in [1.29, 1.82) is 0 Å². The standard InChI is InChI=1S/C26H30F5N5O3S/c1-13-9-25(27,28)12-36(13)23(38)19-20(40-22(35-19)21(37)33-11-24(39)6-3-7-24)16-10-32-18(8-17(16)26(29,30)31)34-14(2)15-4-5-15/h8,10,13-15,39H,3-7,9,11-12H2,1-2H3,(H,32,34)(H,33,37)/t13-,14-/m0/s1. The van der Waals surface area contributed by atoms with Crippen LogP contribution in [0.5, 0.6) is 0 Å². The van der Waals surface area contributed by atoms with Crippen molar-refractivity contribution in [3.63, 3.8) is 0 Å². The van der Waals surface area contributed by atoms with Crippen LogP contribution >= 0.6 is 11.3 Å². The average Bonchev–Trinajstić information content (AvgIpc) is 3.55. The van der Waals surface area contributed by atoms with E-state index in [0.717, 1.165) is 36.4 Å². The van der Waals surface area contributed by atoms with Crippen molar-refractivity contribution >= 4 is 29.0 Å². The van der Waals surface area contributed by atoms with Crippen LogP contribution in [0, 0.1) is 5.92 Å². The molecule has 3 fully saturated rings. The number of hydrogen-bond acceptors (Lipinski definition) is 7. The summed E-state index contributed by atoms with van der Waals surface area (Å²) in [6.07, 6.45) is -0.770. The lowest BCUT2D eigenvalue weighted by Gasteiger charge is -2.36. The van der Waals surface area contributed by atoms with E-state index < -0.39 is 65.3 Å². The molecule has 3 N–H and O–H groups in total. The van der Waals surface area contributed by atoms with Gasteiger partial charge in [0, 0.05) is 36.8 Å². The van der Waals surface area contributed by atoms with E-state index >= 15 is 0 Å². The second kappa shape index (κ2) is 10.2. The number of aromatic nitrogens is 2. The molecule has 1 aliphatic heterocycles. The molecule has 0 unspecified atom stereocenters. The Hall–Kier alpha value is -2.87. The van der Waals surface area contributed by atoms with E-state index in [1.807, 2.05) is 6.92 Å². The van der Waals surface area contributed by atoms with Crippen LogP contribution in [-0.4, -0.2) is 68.5 Å². The van der Waals surface area contributed by atoms with Crippen LogP contribution in [0.1, 0.15) is 78.2 Å². The van der Waals surface area contributed by atoms with E-state index in [4.69, 9.17) is 0 Å². The van der Waals surface area contributed by atoms with Crippen molar-refractivity contribution in [2.24, 2.45) is 5.92 Å². The minimum absolute atomic E-state index is 0.00684. The van der Waals surface area contributed by atoms with Gasteiger partial charge >= 0.3 is 6.18 Å². The highest BCUT2D eigenvalue weighted by Gasteiger charge is 2.47. The topological polar surface area (TPSA) is 107 Å². The molecule has 8 nitrogen and oxygen atoms in total. The summed E-state index contributed by atoms with van der Waals surface area (Å²) in [4.78, 5) is 35.1. The van der Waals surface area contributed by atoms with Gasteiger partial charge in [0.05, 0.1) is 22.6 Å². The molecular weight excluding hydrogens is 557 g/mol. The summed E-state index contributed by atoms with van der Waals surface area (Å²) in [6, 6.07) is -0.127. The second-order valence-corrected chi connectivity index (χ2v) is 12.2. The predicted molar refractivity (Wildman–Crippen MR) is 137 cm³/mol. The summed E-state index contributed by atoms with van der Waals surface area (Å²) in [5, 5.41) is 15.5. The average molecular weight is 588 g/mol. The van der Waals surface area contributed by atoms with Crippen LogP contribution in [0.4, 0.5) is 27.8 Å². The number of nitrogens with zero attached hydrogens (tertiary/aromatic N) is 3. The molecule has 14 heteroatoms. The lowest BCUT2D eigenvalue weighted by molar-refractivity contribution is -0.137. The van der Waals surface area contributed by atoms with Gasteiger partial charge in [-0.15, -0.1) is 11.3 Å². The third kappa shape index (κ3) is 5.92. The maximum Gasteiger partial charge on any atom is 0.417 e. The number of thiazole rings is 1. The van der Waals surface area contributed by atoms with Gasteiger partial charge in [-0.05, 0) is 57.9 Å². The minimum atomic E-state index is -4.86. The highest BCUT2D eigenvalue weighted by atomic mass is 32.1. The lowest BCUT2D eigenvalue weighted by Crippen LogP contribution is -2.47. The van der Waals surface area contributed by atoms with E-state index in [2.05, 4.69) is 20.6 Å². The highest BCUT2D eigenvalue weighted by Crippen LogP contribution is 2.43. The number of alkyl halides is 5. The largest absolute Gasteiger partial charge is 0.417 e. The molecule has 0 bridgehead atoms. The van der Waals surface area contributed by atoms with Gasteiger partial charge in [-0.3, -0.25) is 9.59 Å². The Kier molecular flexibility index (Phi) is 7.30. The summed E-state index contributed by atoms with van der Waals surface area (Å²) in [6.45, 7) is 2.28. The summed E-state index contributed by atoms with van der Waals surface area (Å²) in [5.41, 5.74) is -3.17. The molecule has 5 rings (SSSR count). The van der Waals surface area contributed by atoms with Gasteiger partial charge in [0.2, 0.25) is 0 Å². The molecule has 3 heterocycles. The molecule has 2 aromatic rings. The number of pyridine rings is 1. The first-order valence-corrected chi connectivity index (χ1v) is 14.0. The first kappa shape index (κ1) is 28.7. The Morgan fingerprint density at radius 1 is 1.27 bits per heavy atom. The van der Waals surface area contributed by atoms with Gasteiger partial charge in [0.15, 0.2) is 5.01 Å². The van der Waals surface area contributed by atoms with Crippen molar-refractivity contribution in [2.75, 3.05) is 18.4 Å². The highest BCUT2D eigenvalue weighted by molar-refractivity contribution is 7.17. The lowest BCUT2D eigenvalue weighted by atomic mass is 9.80. The van der Waals surface area contributed by atoms with Gasteiger partial charge in [-0.25, -0.2) is 18.7 Å². The van der Waals surface area contributed by atoms with E-state index in [9.17, 15) is 36.6 Å². The molecule has 2 aromatic heterocycles. The molecule has 0 spiro atoms. The Bertz CT molecular complexity index is 1310. The molecule has 2 saturated carbocycles. The third-order valence-corrected chi connectivity index (χ3v) is 8.92. The van der Waals surface area contributed by atoms with Crippen molar-refractivity contribution in [3.05, 3.63) is 28.5 Å². The number of carbonyl (C=O) groups excluding carboxylic acids is 2. The normalized spacial score (nSPS) is 22.5. The Balaban J connectivity index is 1.53. The maximum absolute atomic E-state index is 14.3. The van der Waals surface area contributed by atoms with Crippen LogP contribution in [-0.2, 0) is 6.18 Å². The van der Waals surface area contributed by atoms with Crippen LogP contribution in [0.15, 0.2) is 12.3 Å². The van der Waals surface area contributed by atoms with Gasteiger partial charge < -0.3 is 20.6 Å². The Morgan fingerprint density at radius 3 is 2.52 bits per heavy atom. The number of aliphatic hydroxyl groups is 1. The maximum atomic E-state index is 14.3. The Morgan fingerprint density at radius 2 is 1.98 bits per heavy atom. The van der Waals surface area contributed by atoms with Crippen molar-refractivity contribution in [3.8, 4) is 10.4 Å².